The lowest BCUT2D eigenvalue weighted by Gasteiger charge is -2.07. The van der Waals surface area contributed by atoms with E-state index >= 15 is 0 Å². The maximum Gasteiger partial charge on any atom is 0.258 e. The molecule has 10 heteroatoms. The first kappa shape index (κ1) is 13.1. The van der Waals surface area contributed by atoms with E-state index in [1.807, 2.05) is 20.8 Å². The summed E-state index contributed by atoms with van der Waals surface area (Å²) in [6.45, 7) is 5.88. The molecule has 0 saturated carbocycles. The van der Waals surface area contributed by atoms with Crippen molar-refractivity contribution >= 4 is 5.95 Å². The van der Waals surface area contributed by atoms with Crippen LogP contribution in [0, 0.1) is 20.8 Å². The fourth-order valence-electron chi connectivity index (χ4n) is 1.84. The zero-order valence-electron chi connectivity index (χ0n) is 11.8. The van der Waals surface area contributed by atoms with Gasteiger partial charge in [0.05, 0.1) is 5.69 Å². The van der Waals surface area contributed by atoms with Gasteiger partial charge < -0.3 is 0 Å². The second-order valence-corrected chi connectivity index (χ2v) is 4.45. The molecule has 0 amide bonds. The van der Waals surface area contributed by atoms with Gasteiger partial charge in [-0.25, -0.2) is 15.5 Å². The molecule has 0 saturated heterocycles. The SMILES string of the molecule is Cc1nn(-c2nc(NN)nc(-n3cncn3)n2)c(C)c1C. The summed E-state index contributed by atoms with van der Waals surface area (Å²) in [6.07, 6.45) is 2.89. The number of aryl methyl sites for hydroxylation is 1. The standard InChI is InChI=1S/C11H14N10/c1-6-7(2)19-21(8(6)3)11-16-9(18-12)15-10(17-11)20-5-13-4-14-20/h4-5H,12H2,1-3H3,(H,15,16,17,18). The van der Waals surface area contributed by atoms with E-state index in [1.54, 1.807) is 4.68 Å². The highest BCUT2D eigenvalue weighted by Gasteiger charge is 2.15. The first-order valence-corrected chi connectivity index (χ1v) is 6.21. The summed E-state index contributed by atoms with van der Waals surface area (Å²) in [6, 6.07) is 0. The molecule has 0 bridgehead atoms. The third kappa shape index (κ3) is 2.21. The van der Waals surface area contributed by atoms with Crippen molar-refractivity contribution < 1.29 is 0 Å². The largest absolute Gasteiger partial charge is 0.292 e. The Hall–Kier alpha value is -2.88. The Morgan fingerprint density at radius 1 is 1.10 bits per heavy atom. The Balaban J connectivity index is 2.18. The molecular formula is C11H14N10. The maximum absolute atomic E-state index is 5.41. The molecule has 3 heterocycles. The second-order valence-electron chi connectivity index (χ2n) is 4.45. The van der Waals surface area contributed by atoms with Gasteiger partial charge in [-0.05, 0) is 26.3 Å². The van der Waals surface area contributed by atoms with Gasteiger partial charge in [-0.1, -0.05) is 0 Å². The van der Waals surface area contributed by atoms with Gasteiger partial charge in [0.2, 0.25) is 5.95 Å². The molecule has 108 valence electrons. The van der Waals surface area contributed by atoms with Crippen LogP contribution in [0.2, 0.25) is 0 Å². The Kier molecular flexibility index (Phi) is 3.06. The van der Waals surface area contributed by atoms with Crippen LogP contribution in [0.1, 0.15) is 17.0 Å². The summed E-state index contributed by atoms with van der Waals surface area (Å²) >= 11 is 0. The molecule has 3 aromatic heterocycles. The van der Waals surface area contributed by atoms with Crippen LogP contribution in [0.25, 0.3) is 11.9 Å². The number of hydrogen-bond acceptors (Lipinski definition) is 8. The molecule has 0 spiro atoms. The van der Waals surface area contributed by atoms with E-state index in [1.165, 1.54) is 17.3 Å². The Morgan fingerprint density at radius 2 is 1.86 bits per heavy atom. The van der Waals surface area contributed by atoms with Gasteiger partial charge in [-0.15, -0.1) is 0 Å². The zero-order chi connectivity index (χ0) is 15.0. The minimum atomic E-state index is 0.218. The van der Waals surface area contributed by atoms with Crippen LogP contribution in [0.4, 0.5) is 5.95 Å². The van der Waals surface area contributed by atoms with Crippen LogP contribution in [0.15, 0.2) is 12.7 Å². The van der Waals surface area contributed by atoms with E-state index in [4.69, 9.17) is 5.84 Å². The Labute approximate surface area is 120 Å². The van der Waals surface area contributed by atoms with Gasteiger partial charge in [0, 0.05) is 5.69 Å². The van der Waals surface area contributed by atoms with E-state index < -0.39 is 0 Å². The summed E-state index contributed by atoms with van der Waals surface area (Å²) in [4.78, 5) is 16.6. The lowest BCUT2D eigenvalue weighted by molar-refractivity contribution is 0.729. The Bertz CT molecular complexity index is 773. The summed E-state index contributed by atoms with van der Waals surface area (Å²) in [5, 5.41) is 8.42. The normalized spacial score (nSPS) is 10.9. The Morgan fingerprint density at radius 3 is 2.43 bits per heavy atom. The highest BCUT2D eigenvalue weighted by molar-refractivity contribution is 5.34. The van der Waals surface area contributed by atoms with Gasteiger partial charge in [-0.2, -0.15) is 29.8 Å². The minimum absolute atomic E-state index is 0.218. The monoisotopic (exact) mass is 286 g/mol. The summed E-state index contributed by atoms with van der Waals surface area (Å²) in [5.74, 6) is 6.29. The highest BCUT2D eigenvalue weighted by atomic mass is 15.5. The first-order valence-electron chi connectivity index (χ1n) is 6.21. The summed E-state index contributed by atoms with van der Waals surface area (Å²) < 4.78 is 3.07. The number of rotatable bonds is 3. The van der Waals surface area contributed by atoms with E-state index in [-0.39, 0.29) is 5.95 Å². The van der Waals surface area contributed by atoms with Crippen molar-refractivity contribution in [2.75, 3.05) is 5.43 Å². The predicted molar refractivity (Wildman–Crippen MR) is 73.9 cm³/mol. The van der Waals surface area contributed by atoms with Crippen LogP contribution in [-0.4, -0.2) is 39.5 Å². The fourth-order valence-corrected chi connectivity index (χ4v) is 1.84. The molecule has 3 aromatic rings. The van der Waals surface area contributed by atoms with Crippen molar-refractivity contribution in [3.8, 4) is 11.9 Å². The molecular weight excluding hydrogens is 272 g/mol. The topological polar surface area (TPSA) is 125 Å². The average molecular weight is 286 g/mol. The molecule has 21 heavy (non-hydrogen) atoms. The molecule has 3 rings (SSSR count). The highest BCUT2D eigenvalue weighted by Crippen LogP contribution is 2.15. The van der Waals surface area contributed by atoms with Gasteiger partial charge >= 0.3 is 0 Å². The van der Waals surface area contributed by atoms with Crippen molar-refractivity contribution in [2.24, 2.45) is 5.84 Å². The third-order valence-electron chi connectivity index (χ3n) is 3.21. The lowest BCUT2D eigenvalue weighted by Crippen LogP contribution is -2.17. The van der Waals surface area contributed by atoms with Crippen molar-refractivity contribution in [1.82, 2.24) is 39.5 Å². The number of nitrogen functional groups attached to an aromatic ring is 1. The molecule has 0 atom stereocenters. The number of aromatic nitrogens is 8. The average Bonchev–Trinajstić information content (AvgIpc) is 3.12. The van der Waals surface area contributed by atoms with Crippen LogP contribution in [0.3, 0.4) is 0 Å². The van der Waals surface area contributed by atoms with E-state index in [0.29, 0.717) is 11.9 Å². The molecule has 3 N–H and O–H groups in total. The minimum Gasteiger partial charge on any atom is -0.292 e. The predicted octanol–water partition coefficient (Wildman–Crippen LogP) is -0.151. The van der Waals surface area contributed by atoms with Crippen LogP contribution in [-0.2, 0) is 0 Å². The van der Waals surface area contributed by atoms with E-state index in [2.05, 4.69) is 35.6 Å². The number of nitrogens with two attached hydrogens (primary N) is 1. The zero-order valence-corrected chi connectivity index (χ0v) is 11.8. The number of nitrogens with zero attached hydrogens (tertiary/aromatic N) is 8. The van der Waals surface area contributed by atoms with Crippen molar-refractivity contribution in [3.05, 3.63) is 29.6 Å². The van der Waals surface area contributed by atoms with Crippen molar-refractivity contribution in [2.45, 2.75) is 20.8 Å². The fraction of sp³-hybridized carbons (Fsp3) is 0.273. The molecule has 0 fully saturated rings. The summed E-state index contributed by atoms with van der Waals surface area (Å²) in [7, 11) is 0. The van der Waals surface area contributed by atoms with E-state index in [9.17, 15) is 0 Å². The molecule has 10 nitrogen and oxygen atoms in total. The van der Waals surface area contributed by atoms with Gasteiger partial charge in [-0.3, -0.25) is 5.43 Å². The number of hydrazine groups is 1. The van der Waals surface area contributed by atoms with Gasteiger partial charge in [0.1, 0.15) is 12.7 Å². The van der Waals surface area contributed by atoms with Gasteiger partial charge in [0.25, 0.3) is 11.9 Å². The van der Waals surface area contributed by atoms with E-state index in [0.717, 1.165) is 17.0 Å². The summed E-state index contributed by atoms with van der Waals surface area (Å²) in [5.41, 5.74) is 5.36. The second kappa shape index (κ2) is 4.90. The van der Waals surface area contributed by atoms with Crippen LogP contribution >= 0.6 is 0 Å². The van der Waals surface area contributed by atoms with Crippen molar-refractivity contribution in [1.29, 1.82) is 0 Å². The molecule has 0 aliphatic rings. The molecule has 0 unspecified atom stereocenters. The number of anilines is 1. The molecule has 0 aromatic carbocycles. The lowest BCUT2D eigenvalue weighted by atomic mass is 10.2. The molecule has 0 aliphatic carbocycles. The van der Waals surface area contributed by atoms with Gasteiger partial charge in [0.15, 0.2) is 0 Å². The molecule has 0 radical (unpaired) electrons. The van der Waals surface area contributed by atoms with Crippen LogP contribution < -0.4 is 11.3 Å². The molecule has 0 aliphatic heterocycles. The number of nitrogens with one attached hydrogen (secondary N) is 1. The van der Waals surface area contributed by atoms with Crippen molar-refractivity contribution in [3.63, 3.8) is 0 Å². The smallest absolute Gasteiger partial charge is 0.258 e. The van der Waals surface area contributed by atoms with Crippen LogP contribution in [0.5, 0.6) is 0 Å². The number of hydrogen-bond donors (Lipinski definition) is 2. The third-order valence-corrected chi connectivity index (χ3v) is 3.21. The quantitative estimate of drug-likeness (QED) is 0.503. The first-order chi connectivity index (χ1) is 10.1. The maximum atomic E-state index is 5.41.